The topological polar surface area (TPSA) is 87.4 Å². The number of benzene rings is 6. The summed E-state index contributed by atoms with van der Waals surface area (Å²) in [6.45, 7) is 0. The van der Waals surface area contributed by atoms with Crippen LogP contribution in [-0.4, -0.2) is 24.0 Å². The molecule has 1 saturated carbocycles. The molecule has 6 aromatic carbocycles. The second kappa shape index (κ2) is 13.0. The fourth-order valence-electron chi connectivity index (χ4n) is 7.89. The minimum absolute atomic E-state index is 0.0983. The molecule has 0 spiro atoms. The van der Waals surface area contributed by atoms with Crippen molar-refractivity contribution in [3.05, 3.63) is 165 Å². The Labute approximate surface area is 301 Å². The first-order valence-electron chi connectivity index (χ1n) is 15.9. The molecule has 1 N–H and O–H groups in total. The summed E-state index contributed by atoms with van der Waals surface area (Å²) >= 11 is 7.16. The van der Waals surface area contributed by atoms with Crippen LogP contribution in [0.1, 0.15) is 45.3 Å². The van der Waals surface area contributed by atoms with Gasteiger partial charge in [-0.1, -0.05) is 129 Å². The zero-order valence-corrected chi connectivity index (χ0v) is 29.7. The third-order valence-corrected chi connectivity index (χ3v) is 11.1. The molecule has 0 bridgehead atoms. The normalized spacial score (nSPS) is 23.5. The monoisotopic (exact) mass is 771 g/mol. The van der Waals surface area contributed by atoms with E-state index >= 15 is 4.79 Å². The van der Waals surface area contributed by atoms with E-state index in [1.807, 2.05) is 127 Å². The number of hydrogen-bond donors (Lipinski definition) is 1. The van der Waals surface area contributed by atoms with Crippen molar-refractivity contribution in [1.82, 2.24) is 0 Å². The average molecular weight is 774 g/mol. The van der Waals surface area contributed by atoms with Gasteiger partial charge in [-0.05, 0) is 81.1 Å². The first-order chi connectivity index (χ1) is 23.7. The molecule has 49 heavy (non-hydrogen) atoms. The van der Waals surface area contributed by atoms with E-state index in [-0.39, 0.29) is 12.2 Å². The second-order valence-electron chi connectivity index (χ2n) is 12.7. The largest absolute Gasteiger partial charge is 0.468 e. The Morgan fingerprint density at radius 3 is 1.92 bits per heavy atom. The molecule has 0 amide bonds. The van der Waals surface area contributed by atoms with Crippen molar-refractivity contribution in [1.29, 1.82) is 5.26 Å². The lowest BCUT2D eigenvalue weighted by molar-refractivity contribution is -0.162. The molecule has 0 aromatic heterocycles. The maximum Gasteiger partial charge on any atom is 0.327 e. The van der Waals surface area contributed by atoms with Crippen LogP contribution in [0, 0.1) is 22.7 Å². The van der Waals surface area contributed by atoms with Crippen molar-refractivity contribution < 1.29 is 19.4 Å². The van der Waals surface area contributed by atoms with Gasteiger partial charge in [0.1, 0.15) is 5.60 Å². The number of hydrogen-bond acceptors (Lipinski definition) is 5. The van der Waals surface area contributed by atoms with E-state index in [0.717, 1.165) is 26.0 Å². The molecule has 0 saturated heterocycles. The molecule has 5 nitrogen and oxygen atoms in total. The van der Waals surface area contributed by atoms with E-state index in [2.05, 4.69) is 37.9 Å². The van der Waals surface area contributed by atoms with Crippen LogP contribution in [0.25, 0.3) is 21.5 Å². The van der Waals surface area contributed by atoms with Gasteiger partial charge in [0.15, 0.2) is 11.2 Å². The van der Waals surface area contributed by atoms with Crippen LogP contribution in [0.2, 0.25) is 0 Å². The molecule has 5 atom stereocenters. The molecule has 0 radical (unpaired) electrons. The van der Waals surface area contributed by atoms with Crippen LogP contribution in [-0.2, 0) is 15.1 Å². The van der Waals surface area contributed by atoms with Gasteiger partial charge in [0, 0.05) is 26.3 Å². The highest BCUT2D eigenvalue weighted by Gasteiger charge is 2.67. The summed E-state index contributed by atoms with van der Waals surface area (Å²) < 4.78 is 6.95. The quantitative estimate of drug-likeness (QED) is 0.135. The molecule has 242 valence electrons. The van der Waals surface area contributed by atoms with Gasteiger partial charge in [-0.2, -0.15) is 5.26 Å². The van der Waals surface area contributed by atoms with E-state index in [9.17, 15) is 15.2 Å². The van der Waals surface area contributed by atoms with Crippen molar-refractivity contribution in [3.63, 3.8) is 0 Å². The highest BCUT2D eigenvalue weighted by molar-refractivity contribution is 9.10. The van der Waals surface area contributed by atoms with Crippen LogP contribution in [0.5, 0.6) is 0 Å². The van der Waals surface area contributed by atoms with E-state index < -0.39 is 34.7 Å². The predicted molar refractivity (Wildman–Crippen MR) is 198 cm³/mol. The van der Waals surface area contributed by atoms with Gasteiger partial charge >= 0.3 is 5.97 Å². The molecule has 6 aromatic rings. The number of nitrogens with zero attached hydrogens (tertiary/aromatic N) is 1. The summed E-state index contributed by atoms with van der Waals surface area (Å²) in [5.74, 6) is -4.41. The number of methoxy groups -OCH3 is 1. The highest BCUT2D eigenvalue weighted by atomic mass is 79.9. The SMILES string of the molecule is COC(=O)[C@]1(C#N)[C@@H](c2cccc(Br)c2)C[C@](O)(c2ccc3ccccc3c2)[C@H](C(=O)c2ccc3ccccc3c2)[C@@H]1c1cccc(Br)c1. The average Bonchev–Trinajstić information content (AvgIpc) is 3.13. The van der Waals surface area contributed by atoms with Gasteiger partial charge in [0.05, 0.1) is 19.1 Å². The van der Waals surface area contributed by atoms with E-state index in [4.69, 9.17) is 4.74 Å². The Bertz CT molecular complexity index is 2300. The van der Waals surface area contributed by atoms with Gasteiger partial charge in [-0.25, -0.2) is 0 Å². The molecule has 7 heteroatoms. The summed E-state index contributed by atoms with van der Waals surface area (Å²) in [6, 6.07) is 43.9. The van der Waals surface area contributed by atoms with Crippen molar-refractivity contribution >= 4 is 65.2 Å². The molecule has 1 aliphatic carbocycles. The Morgan fingerprint density at radius 2 is 1.31 bits per heavy atom. The number of Topliss-reactive ketones (excluding diaryl/α,β-unsaturated/α-hetero) is 1. The third-order valence-electron chi connectivity index (χ3n) is 10.1. The number of esters is 1. The number of carbonyl (C=O) groups excluding carboxylic acids is 2. The van der Waals surface area contributed by atoms with Gasteiger partial charge in [0.2, 0.25) is 0 Å². The number of halogens is 2. The summed E-state index contributed by atoms with van der Waals surface area (Å²) in [7, 11) is 1.27. The minimum atomic E-state index is -1.91. The Hall–Kier alpha value is -4.61. The van der Waals surface area contributed by atoms with Crippen LogP contribution in [0.15, 0.2) is 142 Å². The summed E-state index contributed by atoms with van der Waals surface area (Å²) in [5.41, 5.74) is -1.61. The Balaban J connectivity index is 1.58. The summed E-state index contributed by atoms with van der Waals surface area (Å²) in [5, 5.41) is 28.6. The molecule has 0 unspecified atom stereocenters. The number of carbonyl (C=O) groups is 2. The lowest BCUT2D eigenvalue weighted by Crippen LogP contribution is -2.59. The molecule has 0 aliphatic heterocycles. The van der Waals surface area contributed by atoms with Gasteiger partial charge in [0.25, 0.3) is 0 Å². The Morgan fingerprint density at radius 1 is 0.735 bits per heavy atom. The molecule has 0 heterocycles. The molecular formula is C42H31Br2NO4. The predicted octanol–water partition coefficient (Wildman–Crippen LogP) is 9.86. The van der Waals surface area contributed by atoms with Crippen molar-refractivity contribution in [3.8, 4) is 6.07 Å². The molecule has 1 fully saturated rings. The number of rotatable bonds is 6. The number of ketones is 1. The van der Waals surface area contributed by atoms with Gasteiger partial charge in [-0.15, -0.1) is 0 Å². The van der Waals surface area contributed by atoms with E-state index in [0.29, 0.717) is 26.7 Å². The van der Waals surface area contributed by atoms with Crippen molar-refractivity contribution in [2.24, 2.45) is 11.3 Å². The number of nitriles is 1. The fraction of sp³-hybridized carbons (Fsp3) is 0.167. The standard InChI is InChI=1S/C42H31Br2NO4/c1-49-40(47)41(25-45)36(30-12-6-14-34(43)22-30)24-42(48,33-19-18-27-9-3-5-11-29(27)21-33)38(37(41)31-13-7-15-35(44)23-31)39(46)32-17-16-26-8-2-4-10-28(26)20-32/h2-23,36-38,48H,24H2,1H3/t36-,37+,38+,41-,42+/m1/s1. The fourth-order valence-corrected chi connectivity index (χ4v) is 8.73. The minimum Gasteiger partial charge on any atom is -0.468 e. The maximum absolute atomic E-state index is 15.3. The Kier molecular flexibility index (Phi) is 8.74. The number of aliphatic hydroxyl groups is 1. The molecular weight excluding hydrogens is 742 g/mol. The van der Waals surface area contributed by atoms with Crippen LogP contribution in [0.4, 0.5) is 0 Å². The van der Waals surface area contributed by atoms with Crippen LogP contribution >= 0.6 is 31.9 Å². The first-order valence-corrected chi connectivity index (χ1v) is 17.5. The number of ether oxygens (including phenoxy) is 1. The summed E-state index contributed by atoms with van der Waals surface area (Å²) in [6.07, 6.45) is -0.0983. The smallest absolute Gasteiger partial charge is 0.327 e. The van der Waals surface area contributed by atoms with Crippen LogP contribution < -0.4 is 0 Å². The number of fused-ring (bicyclic) bond motifs is 2. The van der Waals surface area contributed by atoms with E-state index in [1.165, 1.54) is 7.11 Å². The second-order valence-corrected chi connectivity index (χ2v) is 14.5. The van der Waals surface area contributed by atoms with Crippen molar-refractivity contribution in [2.75, 3.05) is 7.11 Å². The van der Waals surface area contributed by atoms with Crippen molar-refractivity contribution in [2.45, 2.75) is 23.9 Å². The lowest BCUT2D eigenvalue weighted by Gasteiger charge is -2.54. The van der Waals surface area contributed by atoms with Gasteiger partial charge < -0.3 is 9.84 Å². The van der Waals surface area contributed by atoms with Gasteiger partial charge in [-0.3, -0.25) is 9.59 Å². The molecule has 1 aliphatic rings. The third kappa shape index (κ3) is 5.58. The van der Waals surface area contributed by atoms with Crippen LogP contribution in [0.3, 0.4) is 0 Å². The molecule has 7 rings (SSSR count). The summed E-state index contributed by atoms with van der Waals surface area (Å²) in [4.78, 5) is 29.7. The zero-order valence-electron chi connectivity index (χ0n) is 26.5. The zero-order chi connectivity index (χ0) is 34.3. The first kappa shape index (κ1) is 32.9. The lowest BCUT2D eigenvalue weighted by atomic mass is 9.47. The maximum atomic E-state index is 15.3. The highest BCUT2D eigenvalue weighted by Crippen LogP contribution is 2.64. The van der Waals surface area contributed by atoms with E-state index in [1.54, 1.807) is 6.07 Å².